The van der Waals surface area contributed by atoms with Gasteiger partial charge in [-0.1, -0.05) is 154 Å². The fraction of sp³-hybridized carbons (Fsp3) is 0.120. The minimum absolute atomic E-state index is 0.118. The molecule has 0 N–H and O–H groups in total. The summed E-state index contributed by atoms with van der Waals surface area (Å²) in [5.74, 6) is 1.27. The quantitative estimate of drug-likeness (QED) is 0.135. The van der Waals surface area contributed by atoms with E-state index < -0.39 is 0 Å². The van der Waals surface area contributed by atoms with Gasteiger partial charge in [0.2, 0.25) is 0 Å². The van der Waals surface area contributed by atoms with Crippen molar-refractivity contribution in [2.24, 2.45) is 0 Å². The predicted octanol–water partition coefficient (Wildman–Crippen LogP) is 13.2. The summed E-state index contributed by atoms with van der Waals surface area (Å²) >= 11 is 0. The fourth-order valence-corrected chi connectivity index (χ4v) is 9.33. The molecule has 8 aromatic carbocycles. The first-order valence-corrected chi connectivity index (χ1v) is 18.6. The Morgan fingerprint density at radius 1 is 0.558 bits per heavy atom. The number of hydrogen-bond acceptors (Lipinski definition) is 1. The Hall–Kier alpha value is -5.86. The molecule has 0 saturated carbocycles. The molecule has 0 saturated heterocycles. The Bertz CT molecular complexity index is 2910. The van der Waals surface area contributed by atoms with Gasteiger partial charge in [0, 0.05) is 16.4 Å². The lowest BCUT2D eigenvalue weighted by Gasteiger charge is -2.25. The summed E-state index contributed by atoms with van der Waals surface area (Å²) in [4.78, 5) is 0. The number of hydrogen-bond donors (Lipinski definition) is 0. The zero-order chi connectivity index (χ0) is 35.3. The monoisotopic (exact) mass is 666 g/mol. The summed E-state index contributed by atoms with van der Waals surface area (Å²) in [7, 11) is 2.28. The van der Waals surface area contributed by atoms with Crippen LogP contribution in [-0.4, -0.2) is 7.85 Å². The highest BCUT2D eigenvalue weighted by Crippen LogP contribution is 2.55. The van der Waals surface area contributed by atoms with Crippen LogP contribution in [-0.2, 0) is 5.41 Å². The topological polar surface area (TPSA) is 13.1 Å². The summed E-state index contributed by atoms with van der Waals surface area (Å²) in [6.07, 6.45) is 2.45. The molecule has 1 aliphatic carbocycles. The molecular formula is C50H39BO. The summed E-state index contributed by atoms with van der Waals surface area (Å²) in [5, 5.41) is 11.2. The van der Waals surface area contributed by atoms with Crippen LogP contribution >= 0.6 is 0 Å². The van der Waals surface area contributed by atoms with Crippen LogP contribution in [0.1, 0.15) is 48.8 Å². The molecule has 9 aromatic rings. The van der Waals surface area contributed by atoms with Crippen molar-refractivity contribution in [2.75, 3.05) is 0 Å². The molecule has 248 valence electrons. The molecule has 0 spiro atoms. The van der Waals surface area contributed by atoms with Gasteiger partial charge in [-0.2, -0.15) is 0 Å². The third kappa shape index (κ3) is 4.37. The number of fused-ring (bicyclic) bond motifs is 9. The molecule has 1 aromatic heterocycles. The fourth-order valence-electron chi connectivity index (χ4n) is 9.33. The average Bonchev–Trinajstić information content (AvgIpc) is 3.60. The normalized spacial score (nSPS) is 14.4. The van der Waals surface area contributed by atoms with Crippen LogP contribution in [0.4, 0.5) is 0 Å². The number of allylic oxidation sites excluding steroid dienone is 1. The third-order valence-corrected chi connectivity index (χ3v) is 11.6. The van der Waals surface area contributed by atoms with E-state index in [-0.39, 0.29) is 5.41 Å². The molecule has 0 bridgehead atoms. The largest absolute Gasteiger partial charge is 0.461 e. The van der Waals surface area contributed by atoms with Crippen molar-refractivity contribution in [3.05, 3.63) is 174 Å². The molecule has 0 radical (unpaired) electrons. The Balaban J connectivity index is 1.33. The lowest BCUT2D eigenvalue weighted by Crippen LogP contribution is -2.15. The molecule has 10 rings (SSSR count). The zero-order valence-electron chi connectivity index (χ0n) is 30.3. The molecule has 0 aliphatic heterocycles. The van der Waals surface area contributed by atoms with E-state index >= 15 is 0 Å². The highest BCUT2D eigenvalue weighted by molar-refractivity contribution is 6.25. The lowest BCUT2D eigenvalue weighted by atomic mass is 9.77. The van der Waals surface area contributed by atoms with Gasteiger partial charge in [0.1, 0.15) is 19.2 Å². The third-order valence-electron chi connectivity index (χ3n) is 11.6. The number of furan rings is 1. The van der Waals surface area contributed by atoms with Crippen LogP contribution in [0.25, 0.3) is 81.9 Å². The standard InChI is InChI=1S/C50H39BO/c1-29(51)25-42(46-30(2)52-45-27-32-16-6-5-15-31(32)26-41(45)46)48-37-21-11-9-19-35(37)47(36-20-10-12-22-38(36)48)40-28-44-49(34-18-8-7-17-33(34)40)39-23-13-14-24-43(39)50(44,3)4/h5-29H,51H2,1-4H3/b42-25+. The molecule has 0 fully saturated rings. The van der Waals surface area contributed by atoms with Gasteiger partial charge in [-0.05, 0) is 113 Å². The van der Waals surface area contributed by atoms with Gasteiger partial charge in [0.05, 0.1) is 0 Å². The minimum atomic E-state index is -0.118. The van der Waals surface area contributed by atoms with Gasteiger partial charge >= 0.3 is 0 Å². The molecule has 1 unspecified atom stereocenters. The Morgan fingerprint density at radius 2 is 1.10 bits per heavy atom. The molecule has 1 nitrogen and oxygen atoms in total. The van der Waals surface area contributed by atoms with Crippen molar-refractivity contribution in [1.29, 1.82) is 0 Å². The minimum Gasteiger partial charge on any atom is -0.461 e. The van der Waals surface area contributed by atoms with Crippen LogP contribution in [0.2, 0.25) is 5.82 Å². The summed E-state index contributed by atoms with van der Waals surface area (Å²) < 4.78 is 6.60. The summed E-state index contributed by atoms with van der Waals surface area (Å²) in [6.45, 7) is 9.18. The molecule has 52 heavy (non-hydrogen) atoms. The van der Waals surface area contributed by atoms with Crippen molar-refractivity contribution >= 4 is 67.5 Å². The molecule has 0 amide bonds. The van der Waals surface area contributed by atoms with E-state index in [1.54, 1.807) is 0 Å². The van der Waals surface area contributed by atoms with Crippen molar-refractivity contribution in [3.63, 3.8) is 0 Å². The Labute approximate surface area is 305 Å². The number of benzene rings is 8. The smallest absolute Gasteiger partial charge is 0.135 e. The van der Waals surface area contributed by atoms with Gasteiger partial charge in [0.25, 0.3) is 0 Å². The van der Waals surface area contributed by atoms with E-state index in [1.807, 2.05) is 0 Å². The maximum absolute atomic E-state index is 6.60. The Morgan fingerprint density at radius 3 is 1.75 bits per heavy atom. The zero-order valence-corrected chi connectivity index (χ0v) is 30.3. The second-order valence-corrected chi connectivity index (χ2v) is 15.5. The van der Waals surface area contributed by atoms with Crippen LogP contribution in [0, 0.1) is 6.92 Å². The van der Waals surface area contributed by atoms with E-state index in [0.717, 1.165) is 16.7 Å². The van der Waals surface area contributed by atoms with E-state index in [4.69, 9.17) is 4.42 Å². The molecule has 1 atom stereocenters. The van der Waals surface area contributed by atoms with E-state index in [0.29, 0.717) is 5.82 Å². The molecule has 1 heterocycles. The first kappa shape index (κ1) is 30.9. The number of aryl methyl sites for hydroxylation is 1. The van der Waals surface area contributed by atoms with Crippen LogP contribution < -0.4 is 0 Å². The second kappa shape index (κ2) is 11.3. The molecular weight excluding hydrogens is 627 g/mol. The van der Waals surface area contributed by atoms with Gasteiger partial charge in [-0.3, -0.25) is 0 Å². The van der Waals surface area contributed by atoms with Crippen LogP contribution in [0.3, 0.4) is 0 Å². The SMILES string of the molecule is BC(C)/C=C(\c1c(C)oc2cc3ccccc3cc12)c1c2ccccc2c(-c2cc3c(c4ccccc24)-c2ccccc2C3(C)C)c2ccccc12. The van der Waals surface area contributed by atoms with Gasteiger partial charge in [-0.15, -0.1) is 0 Å². The highest BCUT2D eigenvalue weighted by atomic mass is 16.3. The van der Waals surface area contributed by atoms with Crippen molar-refractivity contribution in [3.8, 4) is 22.3 Å². The first-order chi connectivity index (χ1) is 25.3. The maximum Gasteiger partial charge on any atom is 0.135 e. The lowest BCUT2D eigenvalue weighted by molar-refractivity contribution is 0.577. The van der Waals surface area contributed by atoms with Crippen LogP contribution in [0.15, 0.2) is 150 Å². The second-order valence-electron chi connectivity index (χ2n) is 15.5. The summed E-state index contributed by atoms with van der Waals surface area (Å²) in [6, 6.07) is 51.8. The predicted molar refractivity (Wildman–Crippen MR) is 225 cm³/mol. The average molecular weight is 667 g/mol. The van der Waals surface area contributed by atoms with Gasteiger partial charge in [0.15, 0.2) is 0 Å². The van der Waals surface area contributed by atoms with E-state index in [9.17, 15) is 0 Å². The van der Waals surface area contributed by atoms with Crippen molar-refractivity contribution in [2.45, 2.75) is 38.9 Å². The molecule has 2 heteroatoms. The van der Waals surface area contributed by atoms with E-state index in [2.05, 4.69) is 181 Å². The first-order valence-electron chi connectivity index (χ1n) is 18.6. The molecule has 1 aliphatic rings. The maximum atomic E-state index is 6.60. The van der Waals surface area contributed by atoms with Crippen LogP contribution in [0.5, 0.6) is 0 Å². The number of rotatable bonds is 4. The van der Waals surface area contributed by atoms with Gasteiger partial charge in [-0.25, -0.2) is 0 Å². The van der Waals surface area contributed by atoms with Gasteiger partial charge < -0.3 is 4.42 Å². The Kier molecular flexibility index (Phi) is 6.73. The highest BCUT2D eigenvalue weighted by Gasteiger charge is 2.37. The van der Waals surface area contributed by atoms with Crippen molar-refractivity contribution in [1.82, 2.24) is 0 Å². The van der Waals surface area contributed by atoms with E-state index in [1.165, 1.54) is 93.2 Å². The van der Waals surface area contributed by atoms with Crippen molar-refractivity contribution < 1.29 is 4.42 Å². The summed E-state index contributed by atoms with van der Waals surface area (Å²) in [5.41, 5.74) is 12.6.